The van der Waals surface area contributed by atoms with E-state index < -0.39 is 18.0 Å². The number of aromatic nitrogens is 1. The van der Waals surface area contributed by atoms with Gasteiger partial charge in [-0.2, -0.15) is 0 Å². The number of pyridine rings is 1. The van der Waals surface area contributed by atoms with Gasteiger partial charge in [-0.3, -0.25) is 9.59 Å². The van der Waals surface area contributed by atoms with Crippen LogP contribution in [-0.2, 0) is 9.53 Å². The average molecular weight is 362 g/mol. The fraction of sp³-hybridized carbons (Fsp3) is 0.143. The Morgan fingerprint density at radius 3 is 2.56 bits per heavy atom. The molecule has 1 aromatic heterocycles. The van der Waals surface area contributed by atoms with Gasteiger partial charge in [-0.05, 0) is 38.1 Å². The molecular weight excluding hydrogens is 344 g/mol. The van der Waals surface area contributed by atoms with Crippen LogP contribution in [0.1, 0.15) is 34.7 Å². The quantitative estimate of drug-likeness (QED) is 0.553. The molecule has 0 aliphatic heterocycles. The van der Waals surface area contributed by atoms with Gasteiger partial charge in [0.2, 0.25) is 0 Å². The zero-order valence-electron chi connectivity index (χ0n) is 14.9. The van der Waals surface area contributed by atoms with E-state index in [-0.39, 0.29) is 11.5 Å². The number of amides is 1. The molecule has 0 fully saturated rings. The zero-order chi connectivity index (χ0) is 19.4. The van der Waals surface area contributed by atoms with Crippen molar-refractivity contribution in [1.29, 1.82) is 0 Å². The Bertz CT molecular complexity index is 1030. The van der Waals surface area contributed by atoms with Crippen LogP contribution in [0.25, 0.3) is 10.9 Å². The maximum absolute atomic E-state index is 12.3. The predicted molar refractivity (Wildman–Crippen MR) is 102 cm³/mol. The van der Waals surface area contributed by atoms with Gasteiger partial charge in [-0.15, -0.1) is 0 Å². The maximum atomic E-state index is 12.3. The molecule has 0 saturated heterocycles. The normalized spacial score (nSPS) is 11.6. The van der Waals surface area contributed by atoms with E-state index in [9.17, 15) is 14.4 Å². The zero-order valence-corrected chi connectivity index (χ0v) is 14.9. The van der Waals surface area contributed by atoms with E-state index >= 15 is 0 Å². The fourth-order valence-electron chi connectivity index (χ4n) is 2.51. The molecule has 136 valence electrons. The highest BCUT2D eigenvalue weighted by molar-refractivity contribution is 5.99. The molecular formula is C21H18N2O4. The smallest absolute Gasteiger partial charge is 0.357 e. The molecule has 1 heterocycles. The molecule has 2 aromatic carbocycles. The Balaban J connectivity index is 1.67. The number of anilines is 1. The lowest BCUT2D eigenvalue weighted by molar-refractivity contribution is -0.123. The third-order valence-electron chi connectivity index (χ3n) is 4.00. The Morgan fingerprint density at radius 2 is 1.78 bits per heavy atom. The predicted octanol–water partition coefficient (Wildman–Crippen LogP) is 3.62. The maximum Gasteiger partial charge on any atom is 0.357 e. The highest BCUT2D eigenvalue weighted by atomic mass is 16.5. The molecule has 1 amide bonds. The van der Waals surface area contributed by atoms with E-state index in [0.29, 0.717) is 16.8 Å². The Labute approximate surface area is 156 Å². The fourth-order valence-corrected chi connectivity index (χ4v) is 2.51. The molecule has 0 aliphatic carbocycles. The van der Waals surface area contributed by atoms with Gasteiger partial charge < -0.3 is 10.1 Å². The summed E-state index contributed by atoms with van der Waals surface area (Å²) in [6, 6.07) is 17.3. The molecule has 0 spiro atoms. The second kappa shape index (κ2) is 7.78. The number of hydrogen-bond donors (Lipinski definition) is 1. The van der Waals surface area contributed by atoms with Crippen molar-refractivity contribution in [2.45, 2.75) is 20.0 Å². The molecule has 1 N–H and O–H groups in total. The molecule has 3 aromatic rings. The Hall–Kier alpha value is -3.54. The highest BCUT2D eigenvalue weighted by Gasteiger charge is 2.20. The van der Waals surface area contributed by atoms with Gasteiger partial charge in [0.05, 0.1) is 5.52 Å². The number of hydrogen-bond acceptors (Lipinski definition) is 5. The SMILES string of the molecule is CC(=O)c1cccc(NC(=O)[C@H](C)OC(=O)c2ccc3ccccc3n2)c1. The molecule has 0 aliphatic rings. The number of esters is 1. The molecule has 27 heavy (non-hydrogen) atoms. The van der Waals surface area contributed by atoms with Crippen LogP contribution in [0.3, 0.4) is 0 Å². The summed E-state index contributed by atoms with van der Waals surface area (Å²) in [5.74, 6) is -1.28. The number of nitrogens with one attached hydrogen (secondary N) is 1. The minimum absolute atomic E-state index is 0.104. The number of nitrogens with zero attached hydrogens (tertiary/aromatic N) is 1. The molecule has 0 bridgehead atoms. The van der Waals surface area contributed by atoms with Gasteiger partial charge >= 0.3 is 5.97 Å². The van der Waals surface area contributed by atoms with Crippen LogP contribution >= 0.6 is 0 Å². The van der Waals surface area contributed by atoms with Gasteiger partial charge in [0.15, 0.2) is 11.9 Å². The van der Waals surface area contributed by atoms with Crippen LogP contribution in [0.4, 0.5) is 5.69 Å². The van der Waals surface area contributed by atoms with E-state index in [2.05, 4.69) is 10.3 Å². The topological polar surface area (TPSA) is 85.4 Å². The van der Waals surface area contributed by atoms with E-state index in [0.717, 1.165) is 5.39 Å². The van der Waals surface area contributed by atoms with E-state index in [1.807, 2.05) is 18.2 Å². The van der Waals surface area contributed by atoms with Crippen LogP contribution in [-0.4, -0.2) is 28.7 Å². The standard InChI is InChI=1S/C21H18N2O4/c1-13(24)16-7-5-8-17(12-16)22-20(25)14(2)27-21(26)19-11-10-15-6-3-4-9-18(15)23-19/h3-12,14H,1-2H3,(H,22,25)/t14-/m0/s1. The summed E-state index contributed by atoms with van der Waals surface area (Å²) in [5.41, 5.74) is 1.74. The summed E-state index contributed by atoms with van der Waals surface area (Å²) in [4.78, 5) is 40.3. The molecule has 0 radical (unpaired) electrons. The first-order valence-electron chi connectivity index (χ1n) is 8.42. The number of Topliss-reactive ketones (excluding diaryl/α,β-unsaturated/α-hetero) is 1. The summed E-state index contributed by atoms with van der Waals surface area (Å²) in [7, 11) is 0. The van der Waals surface area contributed by atoms with Gasteiger partial charge in [0.1, 0.15) is 5.69 Å². The lowest BCUT2D eigenvalue weighted by Crippen LogP contribution is -2.30. The number of para-hydroxylation sites is 1. The summed E-state index contributed by atoms with van der Waals surface area (Å²) >= 11 is 0. The molecule has 0 saturated carbocycles. The number of benzene rings is 2. The monoisotopic (exact) mass is 362 g/mol. The number of carbonyl (C=O) groups is 3. The average Bonchev–Trinajstić information content (AvgIpc) is 2.67. The minimum atomic E-state index is -1.02. The lowest BCUT2D eigenvalue weighted by atomic mass is 10.1. The van der Waals surface area contributed by atoms with Crippen LogP contribution in [0.15, 0.2) is 60.7 Å². The van der Waals surface area contributed by atoms with Crippen molar-refractivity contribution in [2.75, 3.05) is 5.32 Å². The van der Waals surface area contributed by atoms with Crippen molar-refractivity contribution in [3.8, 4) is 0 Å². The second-order valence-electron chi connectivity index (χ2n) is 6.06. The third-order valence-corrected chi connectivity index (χ3v) is 4.00. The largest absolute Gasteiger partial charge is 0.448 e. The van der Waals surface area contributed by atoms with Crippen LogP contribution in [0, 0.1) is 0 Å². The minimum Gasteiger partial charge on any atom is -0.448 e. The van der Waals surface area contributed by atoms with Crippen molar-refractivity contribution in [3.05, 3.63) is 71.9 Å². The molecule has 1 atom stereocenters. The molecule has 6 heteroatoms. The lowest BCUT2D eigenvalue weighted by Gasteiger charge is -2.14. The van der Waals surface area contributed by atoms with Gasteiger partial charge in [0, 0.05) is 16.6 Å². The Morgan fingerprint density at radius 1 is 1.00 bits per heavy atom. The first-order chi connectivity index (χ1) is 12.9. The van der Waals surface area contributed by atoms with Crippen molar-refractivity contribution in [1.82, 2.24) is 4.98 Å². The summed E-state index contributed by atoms with van der Waals surface area (Å²) in [5, 5.41) is 3.54. The first-order valence-corrected chi connectivity index (χ1v) is 8.42. The highest BCUT2D eigenvalue weighted by Crippen LogP contribution is 2.14. The number of ketones is 1. The van der Waals surface area contributed by atoms with Crippen LogP contribution < -0.4 is 5.32 Å². The van der Waals surface area contributed by atoms with Crippen LogP contribution in [0.5, 0.6) is 0 Å². The van der Waals surface area contributed by atoms with Crippen LogP contribution in [0.2, 0.25) is 0 Å². The van der Waals surface area contributed by atoms with Gasteiger partial charge in [-0.1, -0.05) is 36.4 Å². The summed E-state index contributed by atoms with van der Waals surface area (Å²) in [6.07, 6.45) is -1.02. The number of fused-ring (bicyclic) bond motifs is 1. The van der Waals surface area contributed by atoms with E-state index in [1.54, 1.807) is 42.5 Å². The Kier molecular flexibility index (Phi) is 5.26. The van der Waals surface area contributed by atoms with Gasteiger partial charge in [0.25, 0.3) is 5.91 Å². The summed E-state index contributed by atoms with van der Waals surface area (Å²) < 4.78 is 5.22. The second-order valence-corrected chi connectivity index (χ2v) is 6.06. The van der Waals surface area contributed by atoms with Crippen molar-refractivity contribution >= 4 is 34.3 Å². The van der Waals surface area contributed by atoms with E-state index in [4.69, 9.17) is 4.74 Å². The van der Waals surface area contributed by atoms with Gasteiger partial charge in [-0.25, -0.2) is 9.78 Å². The van der Waals surface area contributed by atoms with Crippen molar-refractivity contribution in [2.24, 2.45) is 0 Å². The number of rotatable bonds is 5. The first kappa shape index (κ1) is 18.3. The van der Waals surface area contributed by atoms with Crippen molar-refractivity contribution < 1.29 is 19.1 Å². The molecule has 0 unspecified atom stereocenters. The number of ether oxygens (including phenoxy) is 1. The van der Waals surface area contributed by atoms with Crippen molar-refractivity contribution in [3.63, 3.8) is 0 Å². The summed E-state index contributed by atoms with van der Waals surface area (Å²) in [6.45, 7) is 2.92. The number of carbonyl (C=O) groups excluding carboxylic acids is 3. The van der Waals surface area contributed by atoms with E-state index in [1.165, 1.54) is 13.8 Å². The molecule has 3 rings (SSSR count). The molecule has 6 nitrogen and oxygen atoms in total. The third kappa shape index (κ3) is 4.36.